The van der Waals surface area contributed by atoms with E-state index in [4.69, 9.17) is 0 Å². The first kappa shape index (κ1) is 13.8. The second-order valence-electron chi connectivity index (χ2n) is 5.46. The van der Waals surface area contributed by atoms with E-state index in [1.54, 1.807) is 0 Å². The molecule has 0 aliphatic rings. The first-order valence-corrected chi connectivity index (χ1v) is 7.54. The smallest absolute Gasteiger partial charge is 0.0790 e. The zero-order valence-electron chi connectivity index (χ0n) is 12.1. The number of aryl methyl sites for hydroxylation is 1. The van der Waals surface area contributed by atoms with Crippen LogP contribution < -0.4 is 0 Å². The predicted octanol–water partition coefficient (Wildman–Crippen LogP) is 4.90. The molecule has 0 amide bonds. The van der Waals surface area contributed by atoms with Crippen LogP contribution in [0, 0.1) is 0 Å². The maximum absolute atomic E-state index is 10.2. The molecule has 0 saturated heterocycles. The third-order valence-corrected chi connectivity index (χ3v) is 3.99. The molecule has 1 N–H and O–H groups in total. The second-order valence-corrected chi connectivity index (χ2v) is 5.46. The summed E-state index contributed by atoms with van der Waals surface area (Å²) in [4.78, 5) is 0. The lowest BCUT2D eigenvalue weighted by atomic mass is 9.98. The minimum atomic E-state index is -0.360. The topological polar surface area (TPSA) is 20.2 Å². The number of rotatable bonds is 5. The monoisotopic (exact) mass is 276 g/mol. The lowest BCUT2D eigenvalue weighted by Crippen LogP contribution is -1.98. The zero-order chi connectivity index (χ0) is 14.5. The molecule has 0 aromatic heterocycles. The standard InChI is InChI=1S/C20H20O/c21-20(18-9-2-1-3-10-18)15-7-13-17-12-6-11-16-8-4-5-14-19(16)17/h1-6,8-12,14,20-21H,7,13,15H2. The Morgan fingerprint density at radius 3 is 2.33 bits per heavy atom. The molecule has 0 bridgehead atoms. The molecule has 0 saturated carbocycles. The molecular weight excluding hydrogens is 256 g/mol. The van der Waals surface area contributed by atoms with Crippen molar-refractivity contribution in [1.82, 2.24) is 0 Å². The van der Waals surface area contributed by atoms with Crippen molar-refractivity contribution in [2.45, 2.75) is 25.4 Å². The van der Waals surface area contributed by atoms with Gasteiger partial charge in [0.2, 0.25) is 0 Å². The number of benzene rings is 3. The van der Waals surface area contributed by atoms with Gasteiger partial charge in [0, 0.05) is 0 Å². The van der Waals surface area contributed by atoms with Gasteiger partial charge in [0.05, 0.1) is 6.10 Å². The van der Waals surface area contributed by atoms with E-state index >= 15 is 0 Å². The minimum absolute atomic E-state index is 0.360. The van der Waals surface area contributed by atoms with Crippen LogP contribution in [0.1, 0.15) is 30.1 Å². The van der Waals surface area contributed by atoms with Crippen LogP contribution in [0.3, 0.4) is 0 Å². The highest BCUT2D eigenvalue weighted by molar-refractivity contribution is 5.85. The summed E-state index contributed by atoms with van der Waals surface area (Å²) in [7, 11) is 0. The summed E-state index contributed by atoms with van der Waals surface area (Å²) in [6.45, 7) is 0. The molecule has 1 unspecified atom stereocenters. The summed E-state index contributed by atoms with van der Waals surface area (Å²) < 4.78 is 0. The Balaban J connectivity index is 1.65. The second kappa shape index (κ2) is 6.55. The summed E-state index contributed by atoms with van der Waals surface area (Å²) in [6, 6.07) is 24.9. The third kappa shape index (κ3) is 3.32. The fourth-order valence-electron chi connectivity index (χ4n) is 2.84. The average molecular weight is 276 g/mol. The summed E-state index contributed by atoms with van der Waals surface area (Å²) >= 11 is 0. The molecule has 3 aromatic carbocycles. The number of hydrogen-bond acceptors (Lipinski definition) is 1. The first-order chi connectivity index (χ1) is 10.3. The maximum Gasteiger partial charge on any atom is 0.0790 e. The molecule has 21 heavy (non-hydrogen) atoms. The molecule has 106 valence electrons. The van der Waals surface area contributed by atoms with Gasteiger partial charge < -0.3 is 5.11 Å². The fraction of sp³-hybridized carbons (Fsp3) is 0.200. The van der Waals surface area contributed by atoms with Crippen molar-refractivity contribution in [2.24, 2.45) is 0 Å². The molecule has 1 atom stereocenters. The summed E-state index contributed by atoms with van der Waals surface area (Å²) in [6.07, 6.45) is 2.43. The molecule has 0 radical (unpaired) electrons. The van der Waals surface area contributed by atoms with E-state index in [9.17, 15) is 5.11 Å². The van der Waals surface area contributed by atoms with Crippen LogP contribution in [0.15, 0.2) is 72.8 Å². The van der Waals surface area contributed by atoms with E-state index in [1.165, 1.54) is 16.3 Å². The van der Waals surface area contributed by atoms with Gasteiger partial charge >= 0.3 is 0 Å². The Morgan fingerprint density at radius 1 is 0.762 bits per heavy atom. The van der Waals surface area contributed by atoms with E-state index in [1.807, 2.05) is 30.3 Å². The SMILES string of the molecule is OC(CCCc1cccc2ccccc12)c1ccccc1. The van der Waals surface area contributed by atoms with Crippen molar-refractivity contribution in [3.8, 4) is 0 Å². The molecule has 0 aliphatic heterocycles. The summed E-state index contributed by atoms with van der Waals surface area (Å²) in [5, 5.41) is 12.8. The molecule has 3 rings (SSSR count). The van der Waals surface area contributed by atoms with E-state index < -0.39 is 0 Å². The van der Waals surface area contributed by atoms with Crippen LogP contribution >= 0.6 is 0 Å². The first-order valence-electron chi connectivity index (χ1n) is 7.54. The van der Waals surface area contributed by atoms with Gasteiger partial charge in [0.25, 0.3) is 0 Å². The normalized spacial score (nSPS) is 12.4. The van der Waals surface area contributed by atoms with Crippen LogP contribution in [0.25, 0.3) is 10.8 Å². The quantitative estimate of drug-likeness (QED) is 0.703. The van der Waals surface area contributed by atoms with Crippen molar-refractivity contribution in [3.05, 3.63) is 83.9 Å². The number of fused-ring (bicyclic) bond motifs is 1. The number of aliphatic hydroxyl groups is 1. The van der Waals surface area contributed by atoms with Crippen molar-refractivity contribution in [2.75, 3.05) is 0 Å². The van der Waals surface area contributed by atoms with E-state index in [0.717, 1.165) is 24.8 Å². The molecular formula is C20H20O. The van der Waals surface area contributed by atoms with Crippen LogP contribution in [-0.2, 0) is 6.42 Å². The van der Waals surface area contributed by atoms with Gasteiger partial charge in [-0.1, -0.05) is 72.8 Å². The highest BCUT2D eigenvalue weighted by Crippen LogP contribution is 2.23. The van der Waals surface area contributed by atoms with E-state index in [-0.39, 0.29) is 6.10 Å². The number of hydrogen-bond donors (Lipinski definition) is 1. The van der Waals surface area contributed by atoms with Gasteiger partial charge in [-0.15, -0.1) is 0 Å². The largest absolute Gasteiger partial charge is 0.388 e. The van der Waals surface area contributed by atoms with Crippen molar-refractivity contribution in [3.63, 3.8) is 0 Å². The molecule has 0 aliphatic carbocycles. The number of aliphatic hydroxyl groups excluding tert-OH is 1. The lowest BCUT2D eigenvalue weighted by Gasteiger charge is -2.11. The highest BCUT2D eigenvalue weighted by atomic mass is 16.3. The van der Waals surface area contributed by atoms with Crippen LogP contribution in [0.2, 0.25) is 0 Å². The summed E-state index contributed by atoms with van der Waals surface area (Å²) in [5.74, 6) is 0. The van der Waals surface area contributed by atoms with Gasteiger partial charge in [0.1, 0.15) is 0 Å². The van der Waals surface area contributed by atoms with Crippen LogP contribution in [0.4, 0.5) is 0 Å². The molecule has 0 spiro atoms. The van der Waals surface area contributed by atoms with Gasteiger partial charge in [-0.2, -0.15) is 0 Å². The Bertz CT molecular complexity index is 698. The van der Waals surface area contributed by atoms with Crippen molar-refractivity contribution < 1.29 is 5.11 Å². The Labute approximate surface area is 125 Å². The van der Waals surface area contributed by atoms with E-state index in [2.05, 4.69) is 42.5 Å². The predicted molar refractivity (Wildman–Crippen MR) is 88.3 cm³/mol. The Kier molecular flexibility index (Phi) is 4.32. The van der Waals surface area contributed by atoms with Crippen LogP contribution in [0.5, 0.6) is 0 Å². The van der Waals surface area contributed by atoms with Crippen LogP contribution in [-0.4, -0.2) is 5.11 Å². The lowest BCUT2D eigenvalue weighted by molar-refractivity contribution is 0.165. The molecule has 0 heterocycles. The highest BCUT2D eigenvalue weighted by Gasteiger charge is 2.07. The molecule has 3 aromatic rings. The minimum Gasteiger partial charge on any atom is -0.388 e. The maximum atomic E-state index is 10.2. The molecule has 1 nitrogen and oxygen atoms in total. The van der Waals surface area contributed by atoms with Gasteiger partial charge in [-0.3, -0.25) is 0 Å². The molecule has 0 fully saturated rings. The van der Waals surface area contributed by atoms with Gasteiger partial charge in [0.15, 0.2) is 0 Å². The summed E-state index contributed by atoms with van der Waals surface area (Å²) in [5.41, 5.74) is 2.38. The Morgan fingerprint density at radius 2 is 1.48 bits per heavy atom. The molecule has 1 heteroatoms. The van der Waals surface area contributed by atoms with E-state index in [0.29, 0.717) is 0 Å². The van der Waals surface area contributed by atoms with Crippen molar-refractivity contribution in [1.29, 1.82) is 0 Å². The van der Waals surface area contributed by atoms with Gasteiger partial charge in [-0.25, -0.2) is 0 Å². The Hall–Kier alpha value is -2.12. The van der Waals surface area contributed by atoms with Crippen molar-refractivity contribution >= 4 is 10.8 Å². The average Bonchev–Trinajstić information content (AvgIpc) is 2.56. The third-order valence-electron chi connectivity index (χ3n) is 3.99. The fourth-order valence-corrected chi connectivity index (χ4v) is 2.84. The zero-order valence-corrected chi connectivity index (χ0v) is 12.1. The van der Waals surface area contributed by atoms with Gasteiger partial charge in [-0.05, 0) is 41.2 Å².